The lowest BCUT2D eigenvalue weighted by Gasteiger charge is -2.22. The highest BCUT2D eigenvalue weighted by atomic mass is 32.1. The van der Waals surface area contributed by atoms with Gasteiger partial charge in [-0.2, -0.15) is 12.6 Å². The van der Waals surface area contributed by atoms with Crippen LogP contribution in [0.25, 0.3) is 0 Å². The lowest BCUT2D eigenvalue weighted by Crippen LogP contribution is -2.56. The highest BCUT2D eigenvalue weighted by Crippen LogP contribution is 2.01. The van der Waals surface area contributed by atoms with Gasteiger partial charge in [0.1, 0.15) is 18.1 Å². The van der Waals surface area contributed by atoms with Gasteiger partial charge in [-0.3, -0.25) is 19.4 Å². The number of rotatable bonds is 16. The number of aliphatic carboxylic acids is 1. The number of nitrogens with zero attached hydrogens (tertiary/aromatic N) is 1. The normalized spacial score (nSPS) is 14.4. The van der Waals surface area contributed by atoms with E-state index >= 15 is 0 Å². The highest BCUT2D eigenvalue weighted by molar-refractivity contribution is 7.80. The van der Waals surface area contributed by atoms with Crippen molar-refractivity contribution in [2.75, 3.05) is 18.8 Å². The zero-order valence-corrected chi connectivity index (χ0v) is 19.1. The maximum atomic E-state index is 12.4. The van der Waals surface area contributed by atoms with Crippen molar-refractivity contribution in [2.24, 2.45) is 27.9 Å². The predicted octanol–water partition coefficient (Wildman–Crippen LogP) is -3.01. The van der Waals surface area contributed by atoms with E-state index in [9.17, 15) is 24.3 Å². The average molecular weight is 477 g/mol. The third-order valence-corrected chi connectivity index (χ3v) is 4.80. The summed E-state index contributed by atoms with van der Waals surface area (Å²) in [4.78, 5) is 52.1. The number of nitrogens with two attached hydrogens (primary N) is 4. The number of amides is 3. The first kappa shape index (κ1) is 29.4. The Labute approximate surface area is 192 Å². The zero-order valence-electron chi connectivity index (χ0n) is 18.3. The number of carbonyl (C=O) groups excluding carboxylic acids is 3. The molecule has 0 rings (SSSR count). The van der Waals surface area contributed by atoms with Crippen molar-refractivity contribution in [1.29, 1.82) is 0 Å². The minimum Gasteiger partial charge on any atom is -0.480 e. The molecule has 0 aliphatic heterocycles. The minimum absolute atomic E-state index is 0.0238. The molecule has 14 heteroatoms. The standard InChI is InChI=1S/C18H36N8O5S/c1-10(14(27)25-12(17(30)31)6-4-8-23-18(21)22)24-16(29)13(9-32)26-15(28)11(20)5-2-3-7-19/h10-13,32H,2-9,19-20H2,1H3,(H,24,29)(H,25,27)(H,26,28)(H,30,31)(H4,21,22,23). The first-order chi connectivity index (χ1) is 15.0. The molecule has 0 radical (unpaired) electrons. The molecule has 0 heterocycles. The fourth-order valence-electron chi connectivity index (χ4n) is 2.55. The van der Waals surface area contributed by atoms with Crippen LogP contribution >= 0.6 is 12.6 Å². The van der Waals surface area contributed by atoms with Gasteiger partial charge in [-0.25, -0.2) is 4.79 Å². The number of carboxylic acid groups (broad SMARTS) is 1. The molecule has 0 fully saturated rings. The monoisotopic (exact) mass is 476 g/mol. The average Bonchev–Trinajstić information content (AvgIpc) is 2.73. The van der Waals surface area contributed by atoms with E-state index in [1.54, 1.807) is 0 Å². The number of nitrogens with one attached hydrogen (secondary N) is 3. The summed E-state index contributed by atoms with van der Waals surface area (Å²) in [5, 5.41) is 16.6. The van der Waals surface area contributed by atoms with Crippen molar-refractivity contribution >= 4 is 42.3 Å². The van der Waals surface area contributed by atoms with Gasteiger partial charge in [0, 0.05) is 12.3 Å². The first-order valence-electron chi connectivity index (χ1n) is 10.3. The van der Waals surface area contributed by atoms with E-state index in [-0.39, 0.29) is 24.7 Å². The molecule has 32 heavy (non-hydrogen) atoms. The Balaban J connectivity index is 4.72. The van der Waals surface area contributed by atoms with Gasteiger partial charge in [0.15, 0.2) is 5.96 Å². The van der Waals surface area contributed by atoms with Gasteiger partial charge in [-0.15, -0.1) is 0 Å². The molecular weight excluding hydrogens is 440 g/mol. The molecule has 0 aliphatic rings. The Morgan fingerprint density at radius 1 is 0.938 bits per heavy atom. The van der Waals surface area contributed by atoms with Gasteiger partial charge >= 0.3 is 5.97 Å². The van der Waals surface area contributed by atoms with Crippen molar-refractivity contribution in [3.63, 3.8) is 0 Å². The number of carbonyl (C=O) groups is 4. The summed E-state index contributed by atoms with van der Waals surface area (Å²) in [6, 6.07) is -4.05. The van der Waals surface area contributed by atoms with Gasteiger partial charge in [-0.05, 0) is 39.2 Å². The molecule has 0 spiro atoms. The quantitative estimate of drug-likeness (QED) is 0.0476. The smallest absolute Gasteiger partial charge is 0.326 e. The number of unbranched alkanes of at least 4 members (excludes halogenated alkanes) is 1. The highest BCUT2D eigenvalue weighted by Gasteiger charge is 2.27. The molecule has 4 unspecified atom stereocenters. The minimum atomic E-state index is -1.23. The molecule has 0 saturated heterocycles. The first-order valence-corrected chi connectivity index (χ1v) is 10.9. The second-order valence-electron chi connectivity index (χ2n) is 7.21. The third-order valence-electron chi connectivity index (χ3n) is 4.43. The van der Waals surface area contributed by atoms with Gasteiger partial charge in [0.25, 0.3) is 0 Å². The maximum absolute atomic E-state index is 12.4. The van der Waals surface area contributed by atoms with E-state index in [0.29, 0.717) is 25.8 Å². The lowest BCUT2D eigenvalue weighted by molar-refractivity contribution is -0.142. The van der Waals surface area contributed by atoms with Crippen LogP contribution in [0.5, 0.6) is 0 Å². The van der Waals surface area contributed by atoms with Crippen LogP contribution in [0.1, 0.15) is 39.0 Å². The van der Waals surface area contributed by atoms with Crippen molar-refractivity contribution in [2.45, 2.75) is 63.2 Å². The van der Waals surface area contributed by atoms with Crippen LogP contribution < -0.4 is 38.9 Å². The summed E-state index contributed by atoms with van der Waals surface area (Å²) >= 11 is 4.06. The maximum Gasteiger partial charge on any atom is 0.326 e. The van der Waals surface area contributed by atoms with E-state index in [1.807, 2.05) is 0 Å². The molecule has 184 valence electrons. The van der Waals surface area contributed by atoms with Crippen molar-refractivity contribution in [1.82, 2.24) is 16.0 Å². The van der Waals surface area contributed by atoms with E-state index < -0.39 is 47.9 Å². The summed E-state index contributed by atoms with van der Waals surface area (Å²) in [5.74, 6) is -3.23. The van der Waals surface area contributed by atoms with Crippen molar-refractivity contribution in [3.05, 3.63) is 0 Å². The van der Waals surface area contributed by atoms with Gasteiger partial charge in [0.05, 0.1) is 6.04 Å². The van der Waals surface area contributed by atoms with E-state index in [1.165, 1.54) is 6.92 Å². The van der Waals surface area contributed by atoms with Crippen LogP contribution in [0.15, 0.2) is 4.99 Å². The molecule has 0 aromatic heterocycles. The molecule has 0 saturated carbocycles. The summed E-state index contributed by atoms with van der Waals surface area (Å²) in [6.45, 7) is 2.10. The molecule has 13 nitrogen and oxygen atoms in total. The fourth-order valence-corrected chi connectivity index (χ4v) is 2.81. The topological polar surface area (TPSA) is 241 Å². The molecule has 3 amide bonds. The van der Waals surface area contributed by atoms with Gasteiger partial charge in [-0.1, -0.05) is 6.42 Å². The van der Waals surface area contributed by atoms with Crippen LogP contribution in [0.4, 0.5) is 0 Å². The molecule has 0 aromatic carbocycles. The van der Waals surface area contributed by atoms with Crippen LogP contribution in [0, 0.1) is 0 Å². The summed E-state index contributed by atoms with van der Waals surface area (Å²) in [6.07, 6.45) is 2.25. The van der Waals surface area contributed by atoms with Crippen LogP contribution in [-0.4, -0.2) is 77.8 Å². The number of carboxylic acids is 1. The number of hydrogen-bond acceptors (Lipinski definition) is 8. The zero-order chi connectivity index (χ0) is 24.7. The fraction of sp³-hybridized carbons (Fsp3) is 0.722. The molecule has 0 aliphatic carbocycles. The predicted molar refractivity (Wildman–Crippen MR) is 124 cm³/mol. The summed E-state index contributed by atoms with van der Waals surface area (Å²) in [5.41, 5.74) is 21.6. The van der Waals surface area contributed by atoms with Crippen molar-refractivity contribution in [3.8, 4) is 0 Å². The lowest BCUT2D eigenvalue weighted by atomic mass is 10.1. The van der Waals surface area contributed by atoms with Gasteiger partial charge < -0.3 is 44.0 Å². The Morgan fingerprint density at radius 2 is 1.56 bits per heavy atom. The van der Waals surface area contributed by atoms with Gasteiger partial charge in [0.2, 0.25) is 17.7 Å². The second-order valence-corrected chi connectivity index (χ2v) is 7.58. The Kier molecular flexibility index (Phi) is 14.8. The molecule has 4 atom stereocenters. The molecule has 0 aromatic rings. The largest absolute Gasteiger partial charge is 0.480 e. The Hall–Kier alpha value is -2.58. The van der Waals surface area contributed by atoms with E-state index in [2.05, 4.69) is 33.6 Å². The second kappa shape index (κ2) is 16.1. The number of guanidine groups is 1. The van der Waals surface area contributed by atoms with E-state index in [4.69, 9.17) is 22.9 Å². The van der Waals surface area contributed by atoms with Crippen molar-refractivity contribution < 1.29 is 24.3 Å². The summed E-state index contributed by atoms with van der Waals surface area (Å²) in [7, 11) is 0. The van der Waals surface area contributed by atoms with E-state index in [0.717, 1.165) is 6.42 Å². The Bertz CT molecular complexity index is 659. The molecule has 12 N–H and O–H groups in total. The van der Waals surface area contributed by atoms with Crippen LogP contribution in [0.2, 0.25) is 0 Å². The molecule has 0 bridgehead atoms. The SMILES string of the molecule is CC(NC(=O)C(CS)NC(=O)C(N)CCCCN)C(=O)NC(CCCN=C(N)N)C(=O)O. The summed E-state index contributed by atoms with van der Waals surface area (Å²) < 4.78 is 0. The number of thiol groups is 1. The Morgan fingerprint density at radius 3 is 2.09 bits per heavy atom. The number of aliphatic imine (C=N–C) groups is 1. The van der Waals surface area contributed by atoms with Crippen LogP contribution in [-0.2, 0) is 19.2 Å². The number of hydrogen-bond donors (Lipinski definition) is 9. The third kappa shape index (κ3) is 12.3. The van der Waals surface area contributed by atoms with Crippen LogP contribution in [0.3, 0.4) is 0 Å². The molecular formula is C18H36N8O5S.